The molecule has 2 amide bonds. The molecule has 0 unspecified atom stereocenters. The lowest BCUT2D eigenvalue weighted by Gasteiger charge is -2.31. The highest BCUT2D eigenvalue weighted by atomic mass is 16.2. The number of rotatable bonds is 4. The van der Waals surface area contributed by atoms with E-state index < -0.39 is 11.2 Å². The molecule has 3 heterocycles. The lowest BCUT2D eigenvalue weighted by Crippen LogP contribution is -2.46. The molecular weight excluding hydrogens is 362 g/mol. The Labute approximate surface area is 161 Å². The van der Waals surface area contributed by atoms with Crippen molar-refractivity contribution >= 4 is 11.8 Å². The Kier molecular flexibility index (Phi) is 5.72. The molecule has 3 rings (SSSR count). The number of likely N-dealkylation sites (tertiary alicyclic amines) is 1. The van der Waals surface area contributed by atoms with Crippen molar-refractivity contribution in [1.82, 2.24) is 24.3 Å². The number of amides is 2. The fourth-order valence-electron chi connectivity index (χ4n) is 3.27. The van der Waals surface area contributed by atoms with Crippen molar-refractivity contribution in [2.45, 2.75) is 19.4 Å². The summed E-state index contributed by atoms with van der Waals surface area (Å²) in [6.07, 6.45) is 2.73. The van der Waals surface area contributed by atoms with Gasteiger partial charge in [-0.2, -0.15) is 0 Å². The molecule has 0 atom stereocenters. The number of nitrogens with zero attached hydrogens (tertiary/aromatic N) is 4. The standard InChI is InChI=1S/C19H23N5O4/c1-22-15(11-16(25)23(2)19(22)28)18(27)24-9-6-13(7-10-24)17(26)21-12-14-5-3-4-8-20-14/h3-5,8,11,13H,6-7,9-10,12H2,1-2H3,(H,21,26). The molecule has 9 nitrogen and oxygen atoms in total. The van der Waals surface area contributed by atoms with Crippen LogP contribution < -0.4 is 16.6 Å². The van der Waals surface area contributed by atoms with Gasteiger partial charge in [-0.15, -0.1) is 0 Å². The molecule has 0 bridgehead atoms. The van der Waals surface area contributed by atoms with Gasteiger partial charge >= 0.3 is 5.69 Å². The van der Waals surface area contributed by atoms with Crippen LogP contribution in [0.4, 0.5) is 0 Å². The van der Waals surface area contributed by atoms with Gasteiger partial charge in [0.2, 0.25) is 5.91 Å². The van der Waals surface area contributed by atoms with Crippen LogP contribution in [0.15, 0.2) is 40.1 Å². The van der Waals surface area contributed by atoms with E-state index in [2.05, 4.69) is 10.3 Å². The monoisotopic (exact) mass is 385 g/mol. The average Bonchev–Trinajstić information content (AvgIpc) is 2.73. The van der Waals surface area contributed by atoms with E-state index in [4.69, 9.17) is 0 Å². The van der Waals surface area contributed by atoms with Crippen molar-refractivity contribution in [3.63, 3.8) is 0 Å². The van der Waals surface area contributed by atoms with Gasteiger partial charge in [0.25, 0.3) is 11.5 Å². The molecule has 148 valence electrons. The predicted octanol–water partition coefficient (Wildman–Crippen LogP) is -0.352. The predicted molar refractivity (Wildman–Crippen MR) is 102 cm³/mol. The third-order valence-electron chi connectivity index (χ3n) is 5.07. The molecule has 1 N–H and O–H groups in total. The molecule has 2 aromatic heterocycles. The van der Waals surface area contributed by atoms with E-state index in [1.54, 1.807) is 11.1 Å². The average molecular weight is 385 g/mol. The molecule has 1 saturated heterocycles. The topological polar surface area (TPSA) is 106 Å². The van der Waals surface area contributed by atoms with Crippen molar-refractivity contribution < 1.29 is 9.59 Å². The first-order chi connectivity index (χ1) is 13.4. The maximum absolute atomic E-state index is 12.7. The van der Waals surface area contributed by atoms with Crippen LogP contribution in [-0.4, -0.2) is 43.9 Å². The number of pyridine rings is 1. The quantitative estimate of drug-likeness (QED) is 0.774. The summed E-state index contributed by atoms with van der Waals surface area (Å²) in [5, 5.41) is 2.88. The Morgan fingerprint density at radius 2 is 1.86 bits per heavy atom. The molecule has 0 spiro atoms. The van der Waals surface area contributed by atoms with Crippen molar-refractivity contribution in [3.05, 3.63) is 62.7 Å². The summed E-state index contributed by atoms with van der Waals surface area (Å²) in [6.45, 7) is 1.15. The first-order valence-corrected chi connectivity index (χ1v) is 9.12. The Hall–Kier alpha value is -3.23. The van der Waals surface area contributed by atoms with Gasteiger partial charge in [0.15, 0.2) is 0 Å². The summed E-state index contributed by atoms with van der Waals surface area (Å²) in [7, 11) is 2.83. The van der Waals surface area contributed by atoms with Crippen LogP contribution in [0.25, 0.3) is 0 Å². The maximum Gasteiger partial charge on any atom is 0.331 e. The Bertz CT molecular complexity index is 988. The van der Waals surface area contributed by atoms with Gasteiger partial charge < -0.3 is 10.2 Å². The number of piperidine rings is 1. The van der Waals surface area contributed by atoms with Gasteiger partial charge in [0, 0.05) is 45.4 Å². The zero-order chi connectivity index (χ0) is 20.3. The van der Waals surface area contributed by atoms with Crippen LogP contribution >= 0.6 is 0 Å². The molecule has 1 aliphatic heterocycles. The largest absolute Gasteiger partial charge is 0.350 e. The highest BCUT2D eigenvalue weighted by molar-refractivity contribution is 5.92. The van der Waals surface area contributed by atoms with Gasteiger partial charge in [0.1, 0.15) is 5.69 Å². The van der Waals surface area contributed by atoms with E-state index >= 15 is 0 Å². The summed E-state index contributed by atoms with van der Waals surface area (Å²) >= 11 is 0. The summed E-state index contributed by atoms with van der Waals surface area (Å²) in [4.78, 5) is 54.7. The fraction of sp³-hybridized carbons (Fsp3) is 0.421. The zero-order valence-electron chi connectivity index (χ0n) is 15.9. The molecular formula is C19H23N5O4. The van der Waals surface area contributed by atoms with Crippen LogP contribution in [0.1, 0.15) is 29.0 Å². The lowest BCUT2D eigenvalue weighted by atomic mass is 9.95. The van der Waals surface area contributed by atoms with E-state index in [-0.39, 0.29) is 23.4 Å². The SMILES string of the molecule is Cn1c(C(=O)N2CCC(C(=O)NCc3ccccn3)CC2)cc(=O)n(C)c1=O. The summed E-state index contributed by atoms with van der Waals surface area (Å²) in [6, 6.07) is 6.70. The van der Waals surface area contributed by atoms with Crippen molar-refractivity contribution in [1.29, 1.82) is 0 Å². The molecule has 1 fully saturated rings. The first kappa shape index (κ1) is 19.5. The summed E-state index contributed by atoms with van der Waals surface area (Å²) in [5.41, 5.74) is -0.212. The normalized spacial score (nSPS) is 14.7. The van der Waals surface area contributed by atoms with E-state index in [0.717, 1.165) is 10.3 Å². The molecule has 1 aliphatic rings. The molecule has 0 aliphatic carbocycles. The fourth-order valence-corrected chi connectivity index (χ4v) is 3.27. The van der Waals surface area contributed by atoms with E-state index in [1.807, 2.05) is 18.2 Å². The third kappa shape index (κ3) is 4.03. The molecule has 2 aromatic rings. The Balaban J connectivity index is 1.59. The molecule has 0 saturated carbocycles. The Morgan fingerprint density at radius 3 is 2.50 bits per heavy atom. The first-order valence-electron chi connectivity index (χ1n) is 9.12. The van der Waals surface area contributed by atoms with E-state index in [9.17, 15) is 19.2 Å². The number of hydrogen-bond acceptors (Lipinski definition) is 5. The van der Waals surface area contributed by atoms with Gasteiger partial charge in [0.05, 0.1) is 12.2 Å². The number of hydrogen-bond donors (Lipinski definition) is 1. The number of carbonyl (C=O) groups is 2. The van der Waals surface area contributed by atoms with Crippen LogP contribution in [-0.2, 0) is 25.4 Å². The minimum atomic E-state index is -0.542. The Morgan fingerprint density at radius 1 is 1.14 bits per heavy atom. The number of aromatic nitrogens is 3. The summed E-state index contributed by atoms with van der Waals surface area (Å²) in [5.74, 6) is -0.608. The van der Waals surface area contributed by atoms with Crippen LogP contribution in [0.5, 0.6) is 0 Å². The molecule has 0 aromatic carbocycles. The minimum Gasteiger partial charge on any atom is -0.350 e. The smallest absolute Gasteiger partial charge is 0.331 e. The molecule has 0 radical (unpaired) electrons. The van der Waals surface area contributed by atoms with Crippen LogP contribution in [0.2, 0.25) is 0 Å². The molecule has 28 heavy (non-hydrogen) atoms. The van der Waals surface area contributed by atoms with Crippen LogP contribution in [0, 0.1) is 5.92 Å². The van der Waals surface area contributed by atoms with Crippen LogP contribution in [0.3, 0.4) is 0 Å². The van der Waals surface area contributed by atoms with Crippen molar-refractivity contribution in [3.8, 4) is 0 Å². The zero-order valence-corrected chi connectivity index (χ0v) is 15.9. The highest BCUT2D eigenvalue weighted by Gasteiger charge is 2.29. The van der Waals surface area contributed by atoms with Gasteiger partial charge in [-0.3, -0.25) is 28.5 Å². The minimum absolute atomic E-state index is 0.0567. The van der Waals surface area contributed by atoms with E-state index in [0.29, 0.717) is 32.5 Å². The lowest BCUT2D eigenvalue weighted by molar-refractivity contribution is -0.126. The number of nitrogens with one attached hydrogen (secondary N) is 1. The van der Waals surface area contributed by atoms with Gasteiger partial charge in [-0.1, -0.05) is 6.07 Å². The van der Waals surface area contributed by atoms with Gasteiger partial charge in [-0.05, 0) is 25.0 Å². The highest BCUT2D eigenvalue weighted by Crippen LogP contribution is 2.19. The maximum atomic E-state index is 12.7. The molecule has 9 heteroatoms. The second-order valence-electron chi connectivity index (χ2n) is 6.87. The van der Waals surface area contributed by atoms with Crippen molar-refractivity contribution in [2.24, 2.45) is 20.0 Å². The second kappa shape index (κ2) is 8.20. The summed E-state index contributed by atoms with van der Waals surface area (Å²) < 4.78 is 2.13. The van der Waals surface area contributed by atoms with Gasteiger partial charge in [-0.25, -0.2) is 4.79 Å². The van der Waals surface area contributed by atoms with E-state index in [1.165, 1.54) is 24.7 Å². The number of carbonyl (C=O) groups excluding carboxylic acids is 2. The van der Waals surface area contributed by atoms with Crippen molar-refractivity contribution in [2.75, 3.05) is 13.1 Å². The second-order valence-corrected chi connectivity index (χ2v) is 6.87. The third-order valence-corrected chi connectivity index (χ3v) is 5.07.